The Morgan fingerprint density at radius 3 is 2.40 bits per heavy atom. The molecule has 3 amide bonds. The molecule has 3 unspecified atom stereocenters. The summed E-state index contributed by atoms with van der Waals surface area (Å²) in [6.07, 6.45) is 7.06. The van der Waals surface area contributed by atoms with Crippen LogP contribution in [0.2, 0.25) is 5.02 Å². The van der Waals surface area contributed by atoms with E-state index in [2.05, 4.69) is 29.1 Å². The zero-order valence-electron chi connectivity index (χ0n) is 25.4. The Morgan fingerprint density at radius 2 is 1.71 bits per heavy atom. The summed E-state index contributed by atoms with van der Waals surface area (Å²) >= 11 is 12.1. The lowest BCUT2D eigenvalue weighted by Gasteiger charge is -2.38. The van der Waals surface area contributed by atoms with E-state index in [4.69, 9.17) is 11.6 Å². The molecule has 10 heteroatoms. The van der Waals surface area contributed by atoms with Crippen molar-refractivity contribution < 1.29 is 19.5 Å². The first-order valence-corrected chi connectivity index (χ1v) is 17.8. The van der Waals surface area contributed by atoms with Crippen molar-refractivity contribution in [3.63, 3.8) is 0 Å². The maximum atomic E-state index is 14.8. The number of rotatable bonds is 15. The molecule has 0 radical (unpaired) electrons. The van der Waals surface area contributed by atoms with Crippen LogP contribution in [0.4, 0.5) is 5.69 Å². The van der Waals surface area contributed by atoms with E-state index in [0.29, 0.717) is 49.6 Å². The highest BCUT2D eigenvalue weighted by Gasteiger charge is 2.76. The molecular weight excluding hydrogens is 674 g/mol. The van der Waals surface area contributed by atoms with Crippen LogP contribution in [-0.4, -0.2) is 79.7 Å². The fourth-order valence-corrected chi connectivity index (χ4v) is 11.2. The van der Waals surface area contributed by atoms with Crippen LogP contribution in [0.3, 0.4) is 0 Å². The molecule has 240 valence electrons. The molecule has 5 rings (SSSR count). The number of anilines is 1. The molecule has 0 aromatic heterocycles. The van der Waals surface area contributed by atoms with E-state index in [9.17, 15) is 19.5 Å². The van der Waals surface area contributed by atoms with Gasteiger partial charge in [-0.05, 0) is 37.0 Å². The number of halogens is 2. The van der Waals surface area contributed by atoms with Gasteiger partial charge in [0.2, 0.25) is 11.8 Å². The number of benzene rings is 2. The van der Waals surface area contributed by atoms with Crippen LogP contribution in [0, 0.1) is 11.8 Å². The summed E-state index contributed by atoms with van der Waals surface area (Å²) in [5.41, 5.74) is 1.57. The van der Waals surface area contributed by atoms with Crippen molar-refractivity contribution in [3.05, 3.63) is 90.5 Å². The van der Waals surface area contributed by atoms with Gasteiger partial charge < -0.3 is 19.8 Å². The lowest BCUT2D eigenvalue weighted by Crippen LogP contribution is -2.56. The standard InChI is InChI=1S/C35H41BrClN3O4S/c1-3-18-38(23-24-14-8-7-9-15-24)32(42)28-29-33(43)40(20-12-5-6-13-21-41)31(35(29)22-25(36)30(28)45-35)34(44)39(19-4-2)27-17-11-10-16-26(27)37/h3-4,7-11,14-17,25,28-31,41H,1-2,5-6,12-13,18-23H2/t25?,28-,29+,30-,31?,35?/m1/s1. The Hall–Kier alpha value is -2.59. The largest absolute Gasteiger partial charge is 0.396 e. The first kappa shape index (κ1) is 33.8. The third kappa shape index (κ3) is 6.51. The smallest absolute Gasteiger partial charge is 0.251 e. The third-order valence-electron chi connectivity index (χ3n) is 9.21. The summed E-state index contributed by atoms with van der Waals surface area (Å²) in [5.74, 6) is -1.61. The Kier molecular flexibility index (Phi) is 11.2. The predicted octanol–water partition coefficient (Wildman–Crippen LogP) is 6.09. The zero-order valence-corrected chi connectivity index (χ0v) is 28.6. The molecule has 6 atom stereocenters. The summed E-state index contributed by atoms with van der Waals surface area (Å²) in [7, 11) is 0. The van der Waals surface area contributed by atoms with Gasteiger partial charge in [-0.1, -0.05) is 95.0 Å². The van der Waals surface area contributed by atoms with Crippen LogP contribution in [0.1, 0.15) is 37.7 Å². The number of fused-ring (bicyclic) bond motifs is 1. The molecule has 2 bridgehead atoms. The SMILES string of the molecule is C=CCN(Cc1ccccc1)C(=O)[C@H]1[C@@H]2SC3(CC2Br)C(C(=O)N(CC=C)c2ccccc2Cl)N(CCCCCCO)C(=O)[C@H]13. The summed E-state index contributed by atoms with van der Waals surface area (Å²) in [6, 6.07) is 16.3. The maximum absolute atomic E-state index is 14.8. The van der Waals surface area contributed by atoms with Crippen LogP contribution in [0.25, 0.3) is 0 Å². The number of hydrogen-bond acceptors (Lipinski definition) is 5. The van der Waals surface area contributed by atoms with E-state index in [0.717, 1.165) is 18.4 Å². The molecule has 3 saturated heterocycles. The molecular formula is C35H41BrClN3O4S. The highest BCUT2D eigenvalue weighted by molar-refractivity contribution is 9.09. The molecule has 7 nitrogen and oxygen atoms in total. The molecule has 2 aromatic rings. The van der Waals surface area contributed by atoms with E-state index in [1.54, 1.807) is 44.7 Å². The van der Waals surface area contributed by atoms with Crippen LogP contribution in [0.15, 0.2) is 79.9 Å². The first-order chi connectivity index (χ1) is 21.8. The number of aliphatic hydroxyl groups is 1. The van der Waals surface area contributed by atoms with Crippen LogP contribution in [-0.2, 0) is 20.9 Å². The predicted molar refractivity (Wildman–Crippen MR) is 186 cm³/mol. The van der Waals surface area contributed by atoms with E-state index < -0.39 is 22.6 Å². The molecule has 0 aliphatic carbocycles. The zero-order chi connectivity index (χ0) is 32.1. The topological polar surface area (TPSA) is 81.2 Å². The molecule has 45 heavy (non-hydrogen) atoms. The van der Waals surface area contributed by atoms with Crippen molar-refractivity contribution >= 4 is 62.7 Å². The van der Waals surface area contributed by atoms with Gasteiger partial charge in [0.05, 0.1) is 27.3 Å². The summed E-state index contributed by atoms with van der Waals surface area (Å²) in [4.78, 5) is 49.1. The van der Waals surface area contributed by atoms with Gasteiger partial charge in [0, 0.05) is 42.9 Å². The van der Waals surface area contributed by atoms with E-state index >= 15 is 0 Å². The lowest BCUT2D eigenvalue weighted by molar-refractivity contribution is -0.144. The van der Waals surface area contributed by atoms with E-state index in [-0.39, 0.29) is 41.0 Å². The summed E-state index contributed by atoms with van der Waals surface area (Å²) in [6.45, 7) is 9.34. The second kappa shape index (κ2) is 14.9. The van der Waals surface area contributed by atoms with Gasteiger partial charge in [-0.15, -0.1) is 24.9 Å². The van der Waals surface area contributed by atoms with Gasteiger partial charge >= 0.3 is 0 Å². The number of nitrogens with zero attached hydrogens (tertiary/aromatic N) is 3. The van der Waals surface area contributed by atoms with Gasteiger partial charge in [0.1, 0.15) is 6.04 Å². The minimum absolute atomic E-state index is 0.0317. The monoisotopic (exact) mass is 713 g/mol. The molecule has 3 aliphatic heterocycles. The second-order valence-corrected chi connectivity index (χ2v) is 15.1. The van der Waals surface area contributed by atoms with Crippen molar-refractivity contribution in [1.29, 1.82) is 0 Å². The minimum Gasteiger partial charge on any atom is -0.396 e. The number of amides is 3. The molecule has 3 aliphatic rings. The molecule has 1 spiro atoms. The van der Waals surface area contributed by atoms with Crippen LogP contribution >= 0.6 is 39.3 Å². The van der Waals surface area contributed by atoms with Crippen LogP contribution < -0.4 is 4.90 Å². The fraction of sp³-hybridized carbons (Fsp3) is 0.457. The number of thioether (sulfide) groups is 1. The van der Waals surface area contributed by atoms with Crippen molar-refractivity contribution in [2.45, 2.75) is 59.5 Å². The number of carbonyl (C=O) groups excluding carboxylic acids is 3. The average molecular weight is 715 g/mol. The number of hydrogen-bond donors (Lipinski definition) is 1. The highest BCUT2D eigenvalue weighted by atomic mass is 79.9. The summed E-state index contributed by atoms with van der Waals surface area (Å²) < 4.78 is -0.772. The third-order valence-corrected chi connectivity index (χ3v) is 12.8. The second-order valence-electron chi connectivity index (χ2n) is 12.0. The van der Waals surface area contributed by atoms with Gasteiger partial charge in [-0.3, -0.25) is 14.4 Å². The van der Waals surface area contributed by atoms with Gasteiger partial charge in [0.15, 0.2) is 0 Å². The van der Waals surface area contributed by atoms with E-state index in [1.807, 2.05) is 48.5 Å². The number of aliphatic hydroxyl groups excluding tert-OH is 1. The number of carbonyl (C=O) groups is 3. The van der Waals surface area contributed by atoms with Crippen molar-refractivity contribution in [1.82, 2.24) is 9.80 Å². The molecule has 3 heterocycles. The Labute approximate surface area is 283 Å². The Bertz CT molecular complexity index is 1410. The van der Waals surface area contributed by atoms with Crippen molar-refractivity contribution in [2.75, 3.05) is 31.1 Å². The van der Waals surface area contributed by atoms with Crippen molar-refractivity contribution in [3.8, 4) is 0 Å². The number of alkyl halides is 1. The number of likely N-dealkylation sites (tertiary alicyclic amines) is 1. The Morgan fingerprint density at radius 1 is 1.02 bits per heavy atom. The quantitative estimate of drug-likeness (QED) is 0.137. The highest BCUT2D eigenvalue weighted by Crippen LogP contribution is 2.68. The fourth-order valence-electron chi connectivity index (χ4n) is 7.34. The summed E-state index contributed by atoms with van der Waals surface area (Å²) in [5, 5.41) is 9.55. The Balaban J connectivity index is 1.53. The van der Waals surface area contributed by atoms with Gasteiger partial charge in [-0.25, -0.2) is 0 Å². The maximum Gasteiger partial charge on any atom is 0.251 e. The van der Waals surface area contributed by atoms with E-state index in [1.165, 1.54) is 0 Å². The van der Waals surface area contributed by atoms with Gasteiger partial charge in [0.25, 0.3) is 5.91 Å². The molecule has 3 fully saturated rings. The number of para-hydroxylation sites is 1. The molecule has 1 N–H and O–H groups in total. The minimum atomic E-state index is -0.772. The molecule has 2 aromatic carbocycles. The van der Waals surface area contributed by atoms with Crippen LogP contribution in [0.5, 0.6) is 0 Å². The van der Waals surface area contributed by atoms with Gasteiger partial charge in [-0.2, -0.15) is 0 Å². The normalized spacial score (nSPS) is 26.5. The van der Waals surface area contributed by atoms with Crippen molar-refractivity contribution in [2.24, 2.45) is 11.8 Å². The first-order valence-electron chi connectivity index (χ1n) is 15.6. The molecule has 0 saturated carbocycles. The lowest BCUT2D eigenvalue weighted by atomic mass is 9.70. The average Bonchev–Trinajstić information content (AvgIpc) is 3.63. The number of unbranched alkanes of at least 4 members (excludes halogenated alkanes) is 3.